The summed E-state index contributed by atoms with van der Waals surface area (Å²) in [6.45, 7) is -0.244. The van der Waals surface area contributed by atoms with E-state index in [1.807, 2.05) is 0 Å². The maximum Gasteiger partial charge on any atom is 0.307 e. The van der Waals surface area contributed by atoms with Crippen LogP contribution >= 0.6 is 0 Å². The van der Waals surface area contributed by atoms with E-state index in [4.69, 9.17) is 4.74 Å². The summed E-state index contributed by atoms with van der Waals surface area (Å²) in [5, 5.41) is 8.09. The molecule has 1 atom stereocenters. The highest BCUT2D eigenvalue weighted by molar-refractivity contribution is 7.87. The number of aromatic hydroxyl groups is 1. The van der Waals surface area contributed by atoms with Crippen molar-refractivity contribution in [1.82, 2.24) is 0 Å². The quantitative estimate of drug-likeness (QED) is 0.832. The van der Waals surface area contributed by atoms with Crippen molar-refractivity contribution in [1.29, 1.82) is 0 Å². The number of halogens is 1. The summed E-state index contributed by atoms with van der Waals surface area (Å²) >= 11 is 0. The van der Waals surface area contributed by atoms with Gasteiger partial charge in [0.2, 0.25) is 5.91 Å². The number of nitrogens with zero attached hydrogens (tertiary/aromatic N) is 1. The van der Waals surface area contributed by atoms with E-state index >= 15 is 0 Å². The largest absolute Gasteiger partial charge is 0.504 e. The first-order valence-electron chi connectivity index (χ1n) is 5.43. The van der Waals surface area contributed by atoms with Gasteiger partial charge in [0.1, 0.15) is 5.25 Å². The number of rotatable bonds is 3. The molecule has 1 N–H and O–H groups in total. The molecule has 8 heteroatoms. The van der Waals surface area contributed by atoms with Crippen LogP contribution in [0.1, 0.15) is 6.42 Å². The van der Waals surface area contributed by atoms with Crippen LogP contribution in [-0.4, -0.2) is 38.3 Å². The molecule has 1 unspecified atom stereocenters. The smallest absolute Gasteiger partial charge is 0.307 e. The fourth-order valence-electron chi connectivity index (χ4n) is 1.95. The first-order chi connectivity index (χ1) is 8.82. The Morgan fingerprint density at radius 2 is 2.16 bits per heavy atom. The fourth-order valence-corrected chi connectivity index (χ4v) is 2.62. The number of hydrogen-bond donors (Lipinski definition) is 1. The Kier molecular flexibility index (Phi) is 3.36. The number of anilines is 1. The second-order valence-electron chi connectivity index (χ2n) is 4.16. The van der Waals surface area contributed by atoms with Gasteiger partial charge < -0.3 is 14.7 Å². The molecule has 1 aliphatic rings. The lowest BCUT2D eigenvalue weighted by atomic mass is 10.2. The Balaban J connectivity index is 2.31. The van der Waals surface area contributed by atoms with E-state index in [9.17, 15) is 22.2 Å². The number of phenolic OH excluding ortho intramolecular Hbond substituents is 1. The van der Waals surface area contributed by atoms with Gasteiger partial charge >= 0.3 is 10.2 Å². The highest BCUT2D eigenvalue weighted by Gasteiger charge is 2.39. The summed E-state index contributed by atoms with van der Waals surface area (Å²) in [6, 6.07) is 4.14. The first kappa shape index (κ1) is 13.6. The van der Waals surface area contributed by atoms with Gasteiger partial charge in [-0.25, -0.2) is 0 Å². The van der Waals surface area contributed by atoms with Crippen molar-refractivity contribution in [2.75, 3.05) is 18.6 Å². The molecule has 2 rings (SSSR count). The summed E-state index contributed by atoms with van der Waals surface area (Å²) in [4.78, 5) is 12.9. The van der Waals surface area contributed by atoms with Gasteiger partial charge in [0.25, 0.3) is 0 Å². The van der Waals surface area contributed by atoms with Crippen LogP contribution in [0.2, 0.25) is 0 Å². The van der Waals surface area contributed by atoms with Gasteiger partial charge in [-0.2, -0.15) is 8.42 Å². The van der Waals surface area contributed by atoms with E-state index in [-0.39, 0.29) is 24.5 Å². The predicted molar refractivity (Wildman–Crippen MR) is 65.4 cm³/mol. The molecule has 19 heavy (non-hydrogen) atoms. The van der Waals surface area contributed by atoms with Crippen LogP contribution in [0.3, 0.4) is 0 Å². The molecule has 1 aliphatic heterocycles. The minimum atomic E-state index is -4.74. The second kappa shape index (κ2) is 4.69. The molecule has 0 saturated carbocycles. The van der Waals surface area contributed by atoms with Crippen LogP contribution in [0.4, 0.5) is 9.57 Å². The number of carbonyl (C=O) groups excluding carboxylic acids is 1. The number of phenols is 1. The Hall–Kier alpha value is -1.83. The minimum absolute atomic E-state index is 0.104. The molecule has 1 heterocycles. The lowest BCUT2D eigenvalue weighted by Gasteiger charge is -2.17. The van der Waals surface area contributed by atoms with Crippen LogP contribution in [0.15, 0.2) is 18.2 Å². The Morgan fingerprint density at radius 1 is 1.47 bits per heavy atom. The lowest BCUT2D eigenvalue weighted by molar-refractivity contribution is -0.117. The summed E-state index contributed by atoms with van der Waals surface area (Å²) in [7, 11) is -3.40. The molecule has 1 saturated heterocycles. The summed E-state index contributed by atoms with van der Waals surface area (Å²) in [5.41, 5.74) is 0.353. The van der Waals surface area contributed by atoms with Gasteiger partial charge in [0, 0.05) is 24.7 Å². The molecule has 1 aromatic carbocycles. The minimum Gasteiger partial charge on any atom is -0.504 e. The molecule has 0 aliphatic carbocycles. The number of carbonyl (C=O) groups is 1. The third-order valence-electron chi connectivity index (χ3n) is 2.96. The molecule has 0 spiro atoms. The SMILES string of the molecule is COc1cc(N2CC(S(=O)(=O)F)CC2=O)ccc1O. The van der Waals surface area contributed by atoms with Crippen molar-refractivity contribution in [3.8, 4) is 11.5 Å². The highest BCUT2D eigenvalue weighted by Crippen LogP contribution is 2.33. The summed E-state index contributed by atoms with van der Waals surface area (Å²) in [6.07, 6.45) is -0.387. The average Bonchev–Trinajstić information content (AvgIpc) is 2.72. The lowest BCUT2D eigenvalue weighted by Crippen LogP contribution is -2.26. The van der Waals surface area contributed by atoms with E-state index in [2.05, 4.69) is 0 Å². The van der Waals surface area contributed by atoms with E-state index in [1.165, 1.54) is 25.3 Å². The third-order valence-corrected chi connectivity index (χ3v) is 4.07. The molecule has 1 fully saturated rings. The van der Waals surface area contributed by atoms with Gasteiger partial charge in [-0.3, -0.25) is 4.79 Å². The van der Waals surface area contributed by atoms with E-state index in [0.717, 1.165) is 4.90 Å². The molecule has 6 nitrogen and oxygen atoms in total. The van der Waals surface area contributed by atoms with Gasteiger partial charge in [0.15, 0.2) is 11.5 Å². The summed E-state index contributed by atoms with van der Waals surface area (Å²) < 4.78 is 39.4. The number of hydrogen-bond acceptors (Lipinski definition) is 5. The zero-order valence-corrected chi connectivity index (χ0v) is 10.9. The van der Waals surface area contributed by atoms with Crippen LogP contribution in [0.5, 0.6) is 11.5 Å². The molecule has 0 aromatic heterocycles. The zero-order chi connectivity index (χ0) is 14.2. The molecule has 1 aromatic rings. The standard InChI is InChI=1S/C11H12FNO5S/c1-18-10-4-7(2-3-9(10)14)13-6-8(5-11(13)15)19(12,16)17/h2-4,8,14H,5-6H2,1H3. The van der Waals surface area contributed by atoms with Crippen LogP contribution in [0.25, 0.3) is 0 Å². The number of amides is 1. The zero-order valence-electron chi connectivity index (χ0n) is 10.0. The van der Waals surface area contributed by atoms with Gasteiger partial charge in [-0.15, -0.1) is 3.89 Å². The van der Waals surface area contributed by atoms with E-state index in [0.29, 0.717) is 5.69 Å². The van der Waals surface area contributed by atoms with E-state index in [1.54, 1.807) is 0 Å². The molecule has 0 radical (unpaired) electrons. The maximum atomic E-state index is 12.9. The van der Waals surface area contributed by atoms with Crippen LogP contribution < -0.4 is 9.64 Å². The maximum absolute atomic E-state index is 12.9. The monoisotopic (exact) mass is 289 g/mol. The Labute approximate surface area is 109 Å². The average molecular weight is 289 g/mol. The third kappa shape index (κ3) is 2.62. The van der Waals surface area contributed by atoms with Crippen molar-refractivity contribution in [2.24, 2.45) is 0 Å². The van der Waals surface area contributed by atoms with Gasteiger partial charge in [-0.05, 0) is 12.1 Å². The Morgan fingerprint density at radius 3 is 2.68 bits per heavy atom. The number of ether oxygens (including phenoxy) is 1. The molecular weight excluding hydrogens is 277 g/mol. The molecule has 1 amide bonds. The normalized spacial score (nSPS) is 19.8. The van der Waals surface area contributed by atoms with Crippen LogP contribution in [-0.2, 0) is 15.0 Å². The molecular formula is C11H12FNO5S. The van der Waals surface area contributed by atoms with Gasteiger partial charge in [-0.1, -0.05) is 0 Å². The number of benzene rings is 1. The van der Waals surface area contributed by atoms with Crippen molar-refractivity contribution in [3.05, 3.63) is 18.2 Å². The summed E-state index contributed by atoms with van der Waals surface area (Å²) in [5.74, 6) is -0.441. The topological polar surface area (TPSA) is 83.9 Å². The second-order valence-corrected chi connectivity index (χ2v) is 5.78. The van der Waals surface area contributed by atoms with Crippen molar-refractivity contribution < 1.29 is 26.9 Å². The molecule has 104 valence electrons. The van der Waals surface area contributed by atoms with Crippen molar-refractivity contribution in [2.45, 2.75) is 11.7 Å². The Bertz CT molecular complexity index is 616. The molecule has 0 bridgehead atoms. The van der Waals surface area contributed by atoms with E-state index < -0.39 is 21.4 Å². The van der Waals surface area contributed by atoms with Crippen molar-refractivity contribution in [3.63, 3.8) is 0 Å². The fraction of sp³-hybridized carbons (Fsp3) is 0.364. The predicted octanol–water partition coefficient (Wildman–Crippen LogP) is 0.805. The first-order valence-corrected chi connectivity index (χ1v) is 6.88. The number of methoxy groups -OCH3 is 1. The van der Waals surface area contributed by atoms with Gasteiger partial charge in [0.05, 0.1) is 7.11 Å². The van der Waals surface area contributed by atoms with Crippen LogP contribution in [0, 0.1) is 0 Å². The highest BCUT2D eigenvalue weighted by atomic mass is 32.3. The van der Waals surface area contributed by atoms with Crippen molar-refractivity contribution >= 4 is 21.8 Å².